The van der Waals surface area contributed by atoms with Gasteiger partial charge in [-0.15, -0.1) is 11.3 Å². The lowest BCUT2D eigenvalue weighted by molar-refractivity contribution is -0.145. The zero-order valence-electron chi connectivity index (χ0n) is 15.8. The molecule has 1 saturated carbocycles. The van der Waals surface area contributed by atoms with Crippen LogP contribution in [0, 0.1) is 23.7 Å². The van der Waals surface area contributed by atoms with Gasteiger partial charge in [-0.2, -0.15) is 0 Å². The van der Waals surface area contributed by atoms with Crippen molar-refractivity contribution in [1.29, 1.82) is 0 Å². The molecule has 8 heteroatoms. The standard InChI is InChI=1S/C20H26N4O3S/c1-11-16(14-8-22-9-15(14)18(26)17(11)25)19(27)23-6-4-13-10-28-20(24-13)12-3-2-5-21-7-12/h2-3,5,7,10-11,14-18,22,25-26H,4,6,8-9H2,1H3,(H,23,27)/t11-,14+,15+,16+,17+,18+/m1/s1. The summed E-state index contributed by atoms with van der Waals surface area (Å²) < 4.78 is 0. The highest BCUT2D eigenvalue weighted by atomic mass is 32.1. The fraction of sp³-hybridized carbons (Fsp3) is 0.550. The molecule has 0 unspecified atom stereocenters. The lowest BCUT2D eigenvalue weighted by Crippen LogP contribution is -2.55. The molecule has 2 aromatic heterocycles. The summed E-state index contributed by atoms with van der Waals surface area (Å²) in [5.74, 6) is -0.611. The molecule has 0 radical (unpaired) electrons. The summed E-state index contributed by atoms with van der Waals surface area (Å²) in [5, 5.41) is 29.9. The Morgan fingerprint density at radius 1 is 1.32 bits per heavy atom. The van der Waals surface area contributed by atoms with Crippen molar-refractivity contribution < 1.29 is 15.0 Å². The lowest BCUT2D eigenvalue weighted by atomic mass is 9.65. The summed E-state index contributed by atoms with van der Waals surface area (Å²) in [5.41, 5.74) is 1.93. The minimum absolute atomic E-state index is 0.0418. The van der Waals surface area contributed by atoms with E-state index >= 15 is 0 Å². The van der Waals surface area contributed by atoms with E-state index in [0.29, 0.717) is 26.1 Å². The van der Waals surface area contributed by atoms with Crippen molar-refractivity contribution in [2.75, 3.05) is 19.6 Å². The van der Waals surface area contributed by atoms with E-state index in [-0.39, 0.29) is 29.6 Å². The van der Waals surface area contributed by atoms with Crippen LogP contribution in [0.3, 0.4) is 0 Å². The van der Waals surface area contributed by atoms with Crippen LogP contribution in [0.4, 0.5) is 0 Å². The summed E-state index contributed by atoms with van der Waals surface area (Å²) >= 11 is 1.57. The molecule has 4 N–H and O–H groups in total. The zero-order chi connectivity index (χ0) is 19.7. The number of pyridine rings is 1. The third-order valence-corrected chi connectivity index (χ3v) is 7.05. The second-order valence-corrected chi connectivity index (χ2v) is 8.64. The molecular formula is C20H26N4O3S. The molecule has 150 valence electrons. The molecule has 4 rings (SSSR count). The third kappa shape index (κ3) is 3.69. The van der Waals surface area contributed by atoms with Crippen LogP contribution in [0.1, 0.15) is 12.6 Å². The van der Waals surface area contributed by atoms with Gasteiger partial charge in [-0.25, -0.2) is 4.98 Å². The van der Waals surface area contributed by atoms with Gasteiger partial charge >= 0.3 is 0 Å². The SMILES string of the molecule is C[C@H]1[C@H](O)[C@@H](O)[C@H]2CNC[C@@H]2[C@H]1C(=O)NCCc1csc(-c2cccnc2)n1. The van der Waals surface area contributed by atoms with Gasteiger partial charge in [-0.3, -0.25) is 9.78 Å². The largest absolute Gasteiger partial charge is 0.390 e. The minimum Gasteiger partial charge on any atom is -0.390 e. The number of hydrogen-bond acceptors (Lipinski definition) is 7. The van der Waals surface area contributed by atoms with Crippen LogP contribution in [-0.4, -0.2) is 57.9 Å². The second-order valence-electron chi connectivity index (χ2n) is 7.78. The van der Waals surface area contributed by atoms with Crippen molar-refractivity contribution in [2.24, 2.45) is 23.7 Å². The van der Waals surface area contributed by atoms with Crippen molar-refractivity contribution in [1.82, 2.24) is 20.6 Å². The third-order valence-electron chi connectivity index (χ3n) is 6.11. The van der Waals surface area contributed by atoms with E-state index in [9.17, 15) is 15.0 Å². The fourth-order valence-corrected chi connectivity index (χ4v) is 5.41. The van der Waals surface area contributed by atoms with Gasteiger partial charge in [0, 0.05) is 54.7 Å². The highest BCUT2D eigenvalue weighted by molar-refractivity contribution is 7.13. The van der Waals surface area contributed by atoms with Crippen LogP contribution in [0.25, 0.3) is 10.6 Å². The first kappa shape index (κ1) is 19.4. The Hall–Kier alpha value is -1.87. The van der Waals surface area contributed by atoms with Crippen LogP contribution in [0.2, 0.25) is 0 Å². The summed E-state index contributed by atoms with van der Waals surface area (Å²) in [6.07, 6.45) is 2.56. The highest BCUT2D eigenvalue weighted by Crippen LogP contribution is 2.41. The quantitative estimate of drug-likeness (QED) is 0.586. The molecule has 1 saturated heterocycles. The number of hydrogen-bond donors (Lipinski definition) is 4. The molecule has 6 atom stereocenters. The van der Waals surface area contributed by atoms with Crippen molar-refractivity contribution in [2.45, 2.75) is 25.6 Å². The highest BCUT2D eigenvalue weighted by Gasteiger charge is 2.52. The van der Waals surface area contributed by atoms with Gasteiger partial charge in [-0.1, -0.05) is 6.92 Å². The number of carbonyl (C=O) groups excluding carboxylic acids is 1. The summed E-state index contributed by atoms with van der Waals surface area (Å²) in [4.78, 5) is 21.6. The number of carbonyl (C=O) groups is 1. The molecule has 1 aliphatic carbocycles. The second kappa shape index (κ2) is 8.24. The van der Waals surface area contributed by atoms with Crippen LogP contribution in [0.5, 0.6) is 0 Å². The van der Waals surface area contributed by atoms with E-state index in [4.69, 9.17) is 0 Å². The van der Waals surface area contributed by atoms with E-state index in [0.717, 1.165) is 16.3 Å². The first-order valence-electron chi connectivity index (χ1n) is 9.75. The van der Waals surface area contributed by atoms with E-state index < -0.39 is 12.2 Å². The van der Waals surface area contributed by atoms with Crippen LogP contribution in [0.15, 0.2) is 29.9 Å². The maximum atomic E-state index is 12.9. The predicted molar refractivity (Wildman–Crippen MR) is 107 cm³/mol. The molecule has 28 heavy (non-hydrogen) atoms. The topological polar surface area (TPSA) is 107 Å². The summed E-state index contributed by atoms with van der Waals surface area (Å²) in [6, 6.07) is 3.87. The van der Waals surface area contributed by atoms with Crippen LogP contribution in [-0.2, 0) is 11.2 Å². The number of aromatic nitrogens is 2. The van der Waals surface area contributed by atoms with Gasteiger partial charge < -0.3 is 20.8 Å². The van der Waals surface area contributed by atoms with Crippen molar-refractivity contribution >= 4 is 17.2 Å². The molecule has 7 nitrogen and oxygen atoms in total. The van der Waals surface area contributed by atoms with Gasteiger partial charge in [0.05, 0.1) is 17.9 Å². The van der Waals surface area contributed by atoms with Gasteiger partial charge in [-0.05, 0) is 30.5 Å². The predicted octanol–water partition coefficient (Wildman–Crippen LogP) is 0.687. The number of nitrogens with zero attached hydrogens (tertiary/aromatic N) is 2. The Labute approximate surface area is 168 Å². The van der Waals surface area contributed by atoms with Gasteiger partial charge in [0.25, 0.3) is 0 Å². The summed E-state index contributed by atoms with van der Waals surface area (Å²) in [7, 11) is 0. The van der Waals surface area contributed by atoms with Crippen LogP contribution >= 0.6 is 11.3 Å². The Morgan fingerprint density at radius 3 is 2.93 bits per heavy atom. The molecule has 1 aliphatic heterocycles. The maximum absolute atomic E-state index is 12.9. The summed E-state index contributed by atoms with van der Waals surface area (Å²) in [6.45, 7) is 3.71. The Kier molecular flexibility index (Phi) is 5.73. The van der Waals surface area contributed by atoms with E-state index in [2.05, 4.69) is 20.6 Å². The average molecular weight is 403 g/mol. The van der Waals surface area contributed by atoms with Crippen LogP contribution < -0.4 is 10.6 Å². The number of rotatable bonds is 5. The molecule has 0 aromatic carbocycles. The minimum atomic E-state index is -0.863. The number of aliphatic hydroxyl groups excluding tert-OH is 2. The number of amides is 1. The molecule has 2 aromatic rings. The lowest BCUT2D eigenvalue weighted by Gasteiger charge is -2.43. The molecule has 2 fully saturated rings. The molecule has 0 spiro atoms. The monoisotopic (exact) mass is 402 g/mol. The Bertz CT molecular complexity index is 815. The fourth-order valence-electron chi connectivity index (χ4n) is 4.56. The Balaban J connectivity index is 1.35. The first-order chi connectivity index (χ1) is 13.6. The normalized spacial score (nSPS) is 32.1. The Morgan fingerprint density at radius 2 is 2.14 bits per heavy atom. The zero-order valence-corrected chi connectivity index (χ0v) is 16.6. The molecule has 1 amide bonds. The number of aliphatic hydroxyl groups is 2. The van der Waals surface area contributed by atoms with E-state index in [1.54, 1.807) is 23.7 Å². The van der Waals surface area contributed by atoms with Gasteiger partial charge in [0.15, 0.2) is 0 Å². The smallest absolute Gasteiger partial charge is 0.223 e. The molecule has 2 aliphatic rings. The van der Waals surface area contributed by atoms with Crippen molar-refractivity contribution in [3.8, 4) is 10.6 Å². The molecular weight excluding hydrogens is 376 g/mol. The van der Waals surface area contributed by atoms with Crippen molar-refractivity contribution in [3.63, 3.8) is 0 Å². The number of thiazole rings is 1. The first-order valence-corrected chi connectivity index (χ1v) is 10.6. The van der Waals surface area contributed by atoms with E-state index in [1.807, 2.05) is 24.4 Å². The molecule has 0 bridgehead atoms. The maximum Gasteiger partial charge on any atom is 0.223 e. The molecule has 3 heterocycles. The number of nitrogens with one attached hydrogen (secondary N) is 2. The average Bonchev–Trinajstić information content (AvgIpc) is 3.37. The van der Waals surface area contributed by atoms with Gasteiger partial charge in [0.2, 0.25) is 5.91 Å². The number of fused-ring (bicyclic) bond motifs is 1. The van der Waals surface area contributed by atoms with E-state index in [1.165, 1.54) is 0 Å². The van der Waals surface area contributed by atoms with Crippen molar-refractivity contribution in [3.05, 3.63) is 35.6 Å². The van der Waals surface area contributed by atoms with Gasteiger partial charge in [0.1, 0.15) is 5.01 Å².